The van der Waals surface area contributed by atoms with Crippen molar-refractivity contribution in [1.29, 1.82) is 0 Å². The zero-order chi connectivity index (χ0) is 18.4. The van der Waals surface area contributed by atoms with Gasteiger partial charge in [-0.25, -0.2) is 0 Å². The largest absolute Gasteiger partial charge is 0.490 e. The topological polar surface area (TPSA) is 35.5 Å². The van der Waals surface area contributed by atoms with Crippen molar-refractivity contribution >= 4 is 6.29 Å². The first-order chi connectivity index (χ1) is 12.7. The van der Waals surface area contributed by atoms with Gasteiger partial charge in [0.15, 0.2) is 0 Å². The summed E-state index contributed by atoms with van der Waals surface area (Å²) in [6.45, 7) is 4.44. The predicted octanol–water partition coefficient (Wildman–Crippen LogP) is 5.53. The summed E-state index contributed by atoms with van der Waals surface area (Å²) in [5.74, 6) is 1.49. The molecule has 0 saturated heterocycles. The van der Waals surface area contributed by atoms with Gasteiger partial charge in [-0.3, -0.25) is 4.79 Å². The lowest BCUT2D eigenvalue weighted by molar-refractivity contribution is 0.112. The highest BCUT2D eigenvalue weighted by Crippen LogP contribution is 2.37. The molecule has 0 radical (unpaired) electrons. The summed E-state index contributed by atoms with van der Waals surface area (Å²) in [7, 11) is 0. The first-order valence-corrected chi connectivity index (χ1v) is 8.69. The van der Waals surface area contributed by atoms with Crippen LogP contribution >= 0.6 is 0 Å². The molecule has 3 rings (SSSR count). The van der Waals surface area contributed by atoms with Crippen LogP contribution in [0.1, 0.15) is 29.8 Å². The molecule has 0 spiro atoms. The molecular formula is C23H22O3. The van der Waals surface area contributed by atoms with E-state index in [0.717, 1.165) is 34.5 Å². The summed E-state index contributed by atoms with van der Waals surface area (Å²) in [6.07, 6.45) is 0.879. The van der Waals surface area contributed by atoms with E-state index in [-0.39, 0.29) is 6.10 Å². The van der Waals surface area contributed by atoms with Gasteiger partial charge in [0.25, 0.3) is 0 Å². The Labute approximate surface area is 154 Å². The quantitative estimate of drug-likeness (QED) is 0.528. The fourth-order valence-electron chi connectivity index (χ4n) is 2.74. The predicted molar refractivity (Wildman–Crippen MR) is 104 cm³/mol. The van der Waals surface area contributed by atoms with Crippen molar-refractivity contribution in [2.24, 2.45) is 0 Å². The normalized spacial score (nSPS) is 10.6. The molecule has 26 heavy (non-hydrogen) atoms. The Morgan fingerprint density at radius 2 is 1.58 bits per heavy atom. The first-order valence-electron chi connectivity index (χ1n) is 8.69. The van der Waals surface area contributed by atoms with E-state index in [1.807, 2.05) is 80.6 Å². The van der Waals surface area contributed by atoms with Crippen molar-refractivity contribution in [1.82, 2.24) is 0 Å². The average Bonchev–Trinajstić information content (AvgIpc) is 2.67. The van der Waals surface area contributed by atoms with Gasteiger partial charge in [0.1, 0.15) is 24.4 Å². The maximum Gasteiger partial charge on any atom is 0.150 e. The minimum Gasteiger partial charge on any atom is -0.490 e. The van der Waals surface area contributed by atoms with Gasteiger partial charge in [0.2, 0.25) is 0 Å². The van der Waals surface area contributed by atoms with Gasteiger partial charge >= 0.3 is 0 Å². The van der Waals surface area contributed by atoms with E-state index in [1.165, 1.54) is 0 Å². The molecule has 0 aliphatic rings. The fourth-order valence-corrected chi connectivity index (χ4v) is 2.74. The monoisotopic (exact) mass is 346 g/mol. The molecule has 3 aromatic rings. The third-order valence-corrected chi connectivity index (χ3v) is 3.92. The minimum atomic E-state index is 0.0354. The van der Waals surface area contributed by atoms with Crippen LogP contribution < -0.4 is 9.47 Å². The molecule has 3 heteroatoms. The molecule has 132 valence electrons. The molecule has 0 aromatic heterocycles. The van der Waals surface area contributed by atoms with E-state index < -0.39 is 0 Å². The Morgan fingerprint density at radius 3 is 2.31 bits per heavy atom. The number of hydrogen-bond acceptors (Lipinski definition) is 3. The molecule has 3 aromatic carbocycles. The summed E-state index contributed by atoms with van der Waals surface area (Å²) in [5.41, 5.74) is 3.46. The second kappa shape index (κ2) is 8.34. The number of ether oxygens (including phenoxy) is 2. The summed E-state index contributed by atoms with van der Waals surface area (Å²) in [5, 5.41) is 0. The van der Waals surface area contributed by atoms with E-state index in [9.17, 15) is 4.79 Å². The zero-order valence-corrected chi connectivity index (χ0v) is 15.0. The van der Waals surface area contributed by atoms with Gasteiger partial charge in [0.05, 0.1) is 6.10 Å². The van der Waals surface area contributed by atoms with Crippen LogP contribution in [0.5, 0.6) is 11.5 Å². The third kappa shape index (κ3) is 4.31. The van der Waals surface area contributed by atoms with Gasteiger partial charge in [-0.05, 0) is 43.7 Å². The number of carbonyl (C=O) groups is 1. The van der Waals surface area contributed by atoms with Gasteiger partial charge in [0, 0.05) is 16.7 Å². The molecule has 0 aliphatic carbocycles. The first kappa shape index (κ1) is 17.7. The maximum atomic E-state index is 11.2. The lowest BCUT2D eigenvalue weighted by atomic mass is 10.0. The van der Waals surface area contributed by atoms with Crippen molar-refractivity contribution in [2.45, 2.75) is 26.6 Å². The highest BCUT2D eigenvalue weighted by atomic mass is 16.5. The Morgan fingerprint density at radius 1 is 0.846 bits per heavy atom. The Kier molecular flexibility index (Phi) is 5.69. The van der Waals surface area contributed by atoms with Crippen LogP contribution in [0.2, 0.25) is 0 Å². The highest BCUT2D eigenvalue weighted by Gasteiger charge is 2.14. The molecule has 0 unspecified atom stereocenters. The number of rotatable bonds is 7. The van der Waals surface area contributed by atoms with E-state index in [4.69, 9.17) is 9.47 Å². The summed E-state index contributed by atoms with van der Waals surface area (Å²) >= 11 is 0. The van der Waals surface area contributed by atoms with Crippen LogP contribution in [0.4, 0.5) is 0 Å². The molecule has 0 amide bonds. The van der Waals surface area contributed by atoms with Crippen molar-refractivity contribution in [3.05, 3.63) is 83.9 Å². The molecule has 0 fully saturated rings. The van der Waals surface area contributed by atoms with Crippen molar-refractivity contribution in [3.8, 4) is 22.6 Å². The lowest BCUT2D eigenvalue weighted by Gasteiger charge is -2.17. The average molecular weight is 346 g/mol. The molecule has 0 bridgehead atoms. The van der Waals surface area contributed by atoms with Crippen LogP contribution in [0.3, 0.4) is 0 Å². The van der Waals surface area contributed by atoms with Crippen LogP contribution in [0, 0.1) is 0 Å². The summed E-state index contributed by atoms with van der Waals surface area (Å²) < 4.78 is 12.0. The number of para-hydroxylation sites is 1. The zero-order valence-electron chi connectivity index (χ0n) is 15.0. The Balaban J connectivity index is 1.97. The molecule has 0 atom stereocenters. The lowest BCUT2D eigenvalue weighted by Crippen LogP contribution is -2.07. The van der Waals surface area contributed by atoms with E-state index in [1.54, 1.807) is 6.07 Å². The molecule has 3 nitrogen and oxygen atoms in total. The van der Waals surface area contributed by atoms with E-state index in [0.29, 0.717) is 12.2 Å². The van der Waals surface area contributed by atoms with E-state index in [2.05, 4.69) is 0 Å². The van der Waals surface area contributed by atoms with Gasteiger partial charge in [-0.15, -0.1) is 0 Å². The fraction of sp³-hybridized carbons (Fsp3) is 0.174. The molecule has 0 saturated carbocycles. The van der Waals surface area contributed by atoms with Crippen molar-refractivity contribution < 1.29 is 14.3 Å². The maximum absolute atomic E-state index is 11.2. The van der Waals surface area contributed by atoms with Gasteiger partial charge in [-0.1, -0.05) is 48.5 Å². The number of benzene rings is 3. The van der Waals surface area contributed by atoms with Gasteiger partial charge < -0.3 is 9.47 Å². The Bertz CT molecular complexity index is 870. The van der Waals surface area contributed by atoms with Gasteiger partial charge in [-0.2, -0.15) is 0 Å². The van der Waals surface area contributed by atoms with Crippen LogP contribution in [0.15, 0.2) is 72.8 Å². The second-order valence-corrected chi connectivity index (χ2v) is 6.31. The summed E-state index contributed by atoms with van der Waals surface area (Å²) in [4.78, 5) is 11.2. The molecule has 0 N–H and O–H groups in total. The number of carbonyl (C=O) groups excluding carboxylic acids is 1. The van der Waals surface area contributed by atoms with Crippen LogP contribution in [-0.2, 0) is 6.61 Å². The van der Waals surface area contributed by atoms with Crippen LogP contribution in [0.25, 0.3) is 11.1 Å². The van der Waals surface area contributed by atoms with Crippen molar-refractivity contribution in [2.75, 3.05) is 0 Å². The minimum absolute atomic E-state index is 0.0354. The standard InChI is InChI=1S/C23H22O3/c1-17(2)26-23-13-12-19(15-24)14-21(23)20-10-6-7-11-22(20)25-16-18-8-4-3-5-9-18/h3-15,17H,16H2,1-2H3. The van der Waals surface area contributed by atoms with E-state index >= 15 is 0 Å². The number of aldehydes is 1. The smallest absolute Gasteiger partial charge is 0.150 e. The highest BCUT2D eigenvalue weighted by molar-refractivity contribution is 5.83. The Hall–Kier alpha value is -3.07. The molecule has 0 heterocycles. The van der Waals surface area contributed by atoms with Crippen LogP contribution in [-0.4, -0.2) is 12.4 Å². The SMILES string of the molecule is CC(C)Oc1ccc(C=O)cc1-c1ccccc1OCc1ccccc1. The second-order valence-electron chi connectivity index (χ2n) is 6.31. The number of hydrogen-bond donors (Lipinski definition) is 0. The molecule has 0 aliphatic heterocycles. The summed E-state index contributed by atoms with van der Waals surface area (Å²) in [6, 6.07) is 23.3. The molecular weight excluding hydrogens is 324 g/mol. The third-order valence-electron chi connectivity index (χ3n) is 3.92. The van der Waals surface area contributed by atoms with Crippen molar-refractivity contribution in [3.63, 3.8) is 0 Å².